The zero-order valence-electron chi connectivity index (χ0n) is 9.46. The first-order valence-corrected chi connectivity index (χ1v) is 6.06. The largest absolute Gasteiger partial charge is 0.373 e. The van der Waals surface area contributed by atoms with Gasteiger partial charge in [0.2, 0.25) is 0 Å². The molecule has 0 spiro atoms. The van der Waals surface area contributed by atoms with Gasteiger partial charge in [-0.25, -0.2) is 8.78 Å². The minimum absolute atomic E-state index is 0.121. The van der Waals surface area contributed by atoms with Gasteiger partial charge in [-0.15, -0.1) is 0 Å². The molecular formula is C13H15F2NO. The lowest BCUT2D eigenvalue weighted by Crippen LogP contribution is -2.37. The van der Waals surface area contributed by atoms with E-state index in [0.717, 1.165) is 19.3 Å². The molecule has 0 aliphatic carbocycles. The number of halogens is 2. The lowest BCUT2D eigenvalue weighted by atomic mass is 9.95. The number of ether oxygens (including phenoxy) is 1. The Bertz CT molecular complexity index is 404. The highest BCUT2D eigenvalue weighted by molar-refractivity contribution is 5.19. The van der Waals surface area contributed by atoms with Crippen LogP contribution in [0.1, 0.15) is 24.8 Å². The van der Waals surface area contributed by atoms with E-state index in [-0.39, 0.29) is 24.3 Å². The number of benzene rings is 1. The van der Waals surface area contributed by atoms with Gasteiger partial charge in [-0.3, -0.25) is 0 Å². The van der Waals surface area contributed by atoms with Crippen LogP contribution in [0.25, 0.3) is 0 Å². The van der Waals surface area contributed by atoms with E-state index in [1.807, 2.05) is 0 Å². The summed E-state index contributed by atoms with van der Waals surface area (Å²) < 4.78 is 32.5. The summed E-state index contributed by atoms with van der Waals surface area (Å²) in [6, 6.07) is 4.21. The predicted molar refractivity (Wildman–Crippen MR) is 59.5 cm³/mol. The van der Waals surface area contributed by atoms with E-state index in [0.29, 0.717) is 6.10 Å². The smallest absolute Gasteiger partial charge is 0.130 e. The molecule has 2 fully saturated rings. The lowest BCUT2D eigenvalue weighted by molar-refractivity contribution is 0.0972. The molecule has 92 valence electrons. The highest BCUT2D eigenvalue weighted by Crippen LogP contribution is 2.34. The standard InChI is InChI=1S/C13H15F2NO/c14-10-2-1-3-11(15)9(10)7-16-12-6-8-4-5-13(12)17-8/h1-3,8,12-13,16H,4-7H2. The second-order valence-electron chi connectivity index (χ2n) is 4.80. The lowest BCUT2D eigenvalue weighted by Gasteiger charge is -2.20. The van der Waals surface area contributed by atoms with Crippen LogP contribution >= 0.6 is 0 Å². The summed E-state index contributed by atoms with van der Waals surface area (Å²) in [5, 5.41) is 3.21. The van der Waals surface area contributed by atoms with Crippen molar-refractivity contribution < 1.29 is 13.5 Å². The van der Waals surface area contributed by atoms with Crippen molar-refractivity contribution in [1.29, 1.82) is 0 Å². The third-order valence-corrected chi connectivity index (χ3v) is 3.71. The molecule has 4 heteroatoms. The van der Waals surface area contributed by atoms with E-state index in [1.165, 1.54) is 18.2 Å². The number of hydrogen-bond donors (Lipinski definition) is 1. The molecule has 2 bridgehead atoms. The average Bonchev–Trinajstić information content (AvgIpc) is 2.90. The molecule has 2 nitrogen and oxygen atoms in total. The predicted octanol–water partition coefficient (Wildman–Crippen LogP) is 2.37. The highest BCUT2D eigenvalue weighted by atomic mass is 19.1. The topological polar surface area (TPSA) is 21.3 Å². The van der Waals surface area contributed by atoms with Crippen molar-refractivity contribution in [3.63, 3.8) is 0 Å². The monoisotopic (exact) mass is 239 g/mol. The van der Waals surface area contributed by atoms with Gasteiger partial charge in [0, 0.05) is 18.2 Å². The first-order chi connectivity index (χ1) is 8.24. The maximum Gasteiger partial charge on any atom is 0.130 e. The van der Waals surface area contributed by atoms with Gasteiger partial charge >= 0.3 is 0 Å². The van der Waals surface area contributed by atoms with E-state index >= 15 is 0 Å². The summed E-state index contributed by atoms with van der Waals surface area (Å²) in [6.45, 7) is 0.232. The molecule has 3 rings (SSSR count). The van der Waals surface area contributed by atoms with Crippen LogP contribution in [0.2, 0.25) is 0 Å². The molecule has 1 N–H and O–H groups in total. The number of fused-ring (bicyclic) bond motifs is 2. The van der Waals surface area contributed by atoms with Crippen LogP contribution in [-0.2, 0) is 11.3 Å². The number of nitrogens with one attached hydrogen (secondary N) is 1. The van der Waals surface area contributed by atoms with E-state index < -0.39 is 11.6 Å². The van der Waals surface area contributed by atoms with Gasteiger partial charge in [0.25, 0.3) is 0 Å². The summed E-state index contributed by atoms with van der Waals surface area (Å²) in [5.74, 6) is -0.969. The summed E-state index contributed by atoms with van der Waals surface area (Å²) in [5.41, 5.74) is 0.121. The fourth-order valence-corrected chi connectivity index (χ4v) is 2.79. The van der Waals surface area contributed by atoms with Gasteiger partial charge in [0.05, 0.1) is 12.2 Å². The van der Waals surface area contributed by atoms with Gasteiger partial charge in [-0.2, -0.15) is 0 Å². The summed E-state index contributed by atoms with van der Waals surface area (Å²) in [6.07, 6.45) is 3.72. The van der Waals surface area contributed by atoms with E-state index in [9.17, 15) is 8.78 Å². The first-order valence-electron chi connectivity index (χ1n) is 6.06. The zero-order valence-corrected chi connectivity index (χ0v) is 9.46. The van der Waals surface area contributed by atoms with Crippen molar-refractivity contribution in [3.8, 4) is 0 Å². The van der Waals surface area contributed by atoms with Crippen LogP contribution in [0.3, 0.4) is 0 Å². The molecule has 2 aliphatic heterocycles. The Morgan fingerprint density at radius 1 is 1.24 bits per heavy atom. The molecule has 0 aromatic heterocycles. The Morgan fingerprint density at radius 3 is 2.59 bits per heavy atom. The summed E-state index contributed by atoms with van der Waals surface area (Å²) in [4.78, 5) is 0. The third kappa shape index (κ3) is 2.07. The fourth-order valence-electron chi connectivity index (χ4n) is 2.79. The number of hydrogen-bond acceptors (Lipinski definition) is 2. The molecule has 2 aliphatic rings. The zero-order chi connectivity index (χ0) is 11.8. The second kappa shape index (κ2) is 4.35. The first kappa shape index (κ1) is 11.1. The van der Waals surface area contributed by atoms with E-state index in [2.05, 4.69) is 5.32 Å². The van der Waals surface area contributed by atoms with Crippen molar-refractivity contribution in [3.05, 3.63) is 35.4 Å². The molecule has 0 saturated carbocycles. The van der Waals surface area contributed by atoms with Crippen molar-refractivity contribution >= 4 is 0 Å². The second-order valence-corrected chi connectivity index (χ2v) is 4.80. The molecule has 17 heavy (non-hydrogen) atoms. The normalized spacial score (nSPS) is 31.1. The Balaban J connectivity index is 1.64. The number of rotatable bonds is 3. The molecule has 1 aromatic rings. The van der Waals surface area contributed by atoms with Gasteiger partial charge in [0.1, 0.15) is 11.6 Å². The van der Waals surface area contributed by atoms with E-state index in [1.54, 1.807) is 0 Å². The van der Waals surface area contributed by atoms with Crippen LogP contribution in [0.4, 0.5) is 8.78 Å². The van der Waals surface area contributed by atoms with Gasteiger partial charge in [0.15, 0.2) is 0 Å². The maximum absolute atomic E-state index is 13.4. The van der Waals surface area contributed by atoms with Crippen LogP contribution in [-0.4, -0.2) is 18.2 Å². The Kier molecular flexibility index (Phi) is 2.84. The van der Waals surface area contributed by atoms with Crippen molar-refractivity contribution in [2.45, 2.75) is 44.1 Å². The van der Waals surface area contributed by atoms with E-state index in [4.69, 9.17) is 4.74 Å². The molecule has 2 heterocycles. The quantitative estimate of drug-likeness (QED) is 0.874. The molecule has 1 aromatic carbocycles. The Hall–Kier alpha value is -1.00. The van der Waals surface area contributed by atoms with Gasteiger partial charge < -0.3 is 10.1 Å². The average molecular weight is 239 g/mol. The minimum Gasteiger partial charge on any atom is -0.373 e. The van der Waals surface area contributed by atoms with Gasteiger partial charge in [-0.1, -0.05) is 6.07 Å². The van der Waals surface area contributed by atoms with Crippen LogP contribution < -0.4 is 5.32 Å². The molecule has 2 saturated heterocycles. The Labute approximate surface area is 99.0 Å². The maximum atomic E-state index is 13.4. The third-order valence-electron chi connectivity index (χ3n) is 3.71. The Morgan fingerprint density at radius 2 is 2.00 bits per heavy atom. The minimum atomic E-state index is -0.485. The highest BCUT2D eigenvalue weighted by Gasteiger charge is 2.40. The van der Waals surface area contributed by atoms with Crippen LogP contribution in [0, 0.1) is 11.6 Å². The van der Waals surface area contributed by atoms with Crippen LogP contribution in [0.15, 0.2) is 18.2 Å². The molecule has 3 atom stereocenters. The summed E-state index contributed by atoms with van der Waals surface area (Å²) in [7, 11) is 0. The van der Waals surface area contributed by atoms with Crippen molar-refractivity contribution in [2.75, 3.05) is 0 Å². The van der Waals surface area contributed by atoms with Crippen molar-refractivity contribution in [2.24, 2.45) is 0 Å². The molecular weight excluding hydrogens is 224 g/mol. The molecule has 3 unspecified atom stereocenters. The summed E-state index contributed by atoms with van der Waals surface area (Å²) >= 11 is 0. The SMILES string of the molecule is Fc1cccc(F)c1CNC1CC2CCC1O2. The van der Waals surface area contributed by atoms with Gasteiger partial charge in [-0.05, 0) is 31.4 Å². The van der Waals surface area contributed by atoms with Crippen LogP contribution in [0.5, 0.6) is 0 Å². The molecule has 0 amide bonds. The fraction of sp³-hybridized carbons (Fsp3) is 0.538. The van der Waals surface area contributed by atoms with Crippen molar-refractivity contribution in [1.82, 2.24) is 5.32 Å². The molecule has 0 radical (unpaired) electrons.